The normalized spacial score (nSPS) is 19.4. The van der Waals surface area contributed by atoms with Crippen molar-refractivity contribution in [2.75, 3.05) is 13.2 Å². The smallest absolute Gasteiger partial charge is 0.441 e. The maximum atomic E-state index is 13.4. The summed E-state index contributed by atoms with van der Waals surface area (Å²) in [6, 6.07) is 27.6. The molecule has 2 saturated heterocycles. The van der Waals surface area contributed by atoms with Crippen LogP contribution in [0.1, 0.15) is 47.6 Å². The quantitative estimate of drug-likeness (QED) is 0.0830. The van der Waals surface area contributed by atoms with E-state index in [-0.39, 0.29) is 13.2 Å². The molecule has 2 N–H and O–H groups in total. The maximum Gasteiger partial charge on any atom is 0.511 e. The largest absolute Gasteiger partial charge is 0.511 e. The van der Waals surface area contributed by atoms with Gasteiger partial charge in [0.1, 0.15) is 23.9 Å². The molecule has 0 radical (unpaired) electrons. The number of nitrogens with zero attached hydrogens (tertiary/aromatic N) is 4. The van der Waals surface area contributed by atoms with Crippen LogP contribution in [-0.4, -0.2) is 81.2 Å². The number of amides is 1. The molecule has 294 valence electrons. The molecule has 57 heavy (non-hydrogen) atoms. The Morgan fingerprint density at radius 1 is 0.860 bits per heavy atom. The number of benzene rings is 4. The second-order valence-corrected chi connectivity index (χ2v) is 14.3. The fourth-order valence-corrected chi connectivity index (χ4v) is 7.75. The number of hydrogen-bond donors (Lipinski definition) is 1. The summed E-state index contributed by atoms with van der Waals surface area (Å²) in [7, 11) is 2.05. The number of aryl methyl sites for hydroxylation is 3. The van der Waals surface area contributed by atoms with Crippen LogP contribution in [0.3, 0.4) is 0 Å². The highest BCUT2D eigenvalue weighted by Gasteiger charge is 2.51. The summed E-state index contributed by atoms with van der Waals surface area (Å²) in [5.74, 6) is 1.25. The molecule has 8 rings (SSSR count). The molecule has 1 amide bonds. The lowest BCUT2D eigenvalue weighted by molar-refractivity contribution is -0.0987. The Labute approximate surface area is 328 Å². The number of para-hydroxylation sites is 2. The molecule has 2 aliphatic heterocycles. The minimum atomic E-state index is -1.27. The molecule has 4 aromatic carbocycles. The Morgan fingerprint density at radius 2 is 1.56 bits per heavy atom. The third-order valence-corrected chi connectivity index (χ3v) is 10.4. The van der Waals surface area contributed by atoms with E-state index in [4.69, 9.17) is 44.1 Å². The van der Waals surface area contributed by atoms with Crippen LogP contribution in [0.4, 0.5) is 9.59 Å². The first-order chi connectivity index (χ1) is 27.6. The van der Waals surface area contributed by atoms with Crippen LogP contribution < -0.4 is 5.73 Å². The number of esters is 1. The van der Waals surface area contributed by atoms with E-state index < -0.39 is 48.9 Å². The molecule has 2 aliphatic rings. The zero-order chi connectivity index (χ0) is 39.8. The van der Waals surface area contributed by atoms with Crippen LogP contribution in [0.2, 0.25) is 0 Å². The highest BCUT2D eigenvalue weighted by atomic mass is 16.8. The zero-order valence-electron chi connectivity index (χ0n) is 32.0. The summed E-state index contributed by atoms with van der Waals surface area (Å²) in [6.07, 6.45) is -4.30. The monoisotopic (exact) mass is 773 g/mol. The van der Waals surface area contributed by atoms with Gasteiger partial charge in [0, 0.05) is 32.5 Å². The number of fused-ring (bicyclic) bond motifs is 3. The molecule has 6 aromatic rings. The molecular formula is C43H43N5O9. The third kappa shape index (κ3) is 7.53. The number of carbonyl (C=O) groups excluding carboxylic acids is 3. The van der Waals surface area contributed by atoms with Gasteiger partial charge in [-0.15, -0.1) is 0 Å². The van der Waals surface area contributed by atoms with E-state index in [2.05, 4.69) is 53.3 Å². The topological polar surface area (TPSA) is 168 Å². The Hall–Kier alpha value is -6.25. The summed E-state index contributed by atoms with van der Waals surface area (Å²) < 4.78 is 36.8. The van der Waals surface area contributed by atoms with E-state index in [1.165, 1.54) is 6.92 Å². The first kappa shape index (κ1) is 37.7. The van der Waals surface area contributed by atoms with E-state index in [0.717, 1.165) is 68.8 Å². The molecule has 0 spiro atoms. The SMILES string of the molecule is CCCc1nc2c(C)cc(-c3nc4ccccc4n3C)cc2n1Cc1ccc(-c2ccccc2C(=O)OC(C)OC(=O)O[C@@H]2CO[C@H]3[C@@H]2OC[C@H]3OC(N)=O)cc1. The minimum Gasteiger partial charge on any atom is -0.441 e. The lowest BCUT2D eigenvalue weighted by atomic mass is 9.98. The van der Waals surface area contributed by atoms with Gasteiger partial charge < -0.3 is 43.3 Å². The Kier molecular flexibility index (Phi) is 10.4. The van der Waals surface area contributed by atoms with Gasteiger partial charge in [0.25, 0.3) is 0 Å². The van der Waals surface area contributed by atoms with Gasteiger partial charge >= 0.3 is 18.2 Å². The van der Waals surface area contributed by atoms with Crippen molar-refractivity contribution in [1.29, 1.82) is 0 Å². The minimum absolute atomic E-state index is 0.00637. The highest BCUT2D eigenvalue weighted by molar-refractivity contribution is 5.97. The van der Waals surface area contributed by atoms with Gasteiger partial charge in [0.15, 0.2) is 12.2 Å². The molecular weight excluding hydrogens is 730 g/mol. The number of nitrogens with two attached hydrogens (primary N) is 1. The second kappa shape index (κ2) is 15.7. The van der Waals surface area contributed by atoms with Gasteiger partial charge in [-0.3, -0.25) is 0 Å². The second-order valence-electron chi connectivity index (χ2n) is 14.3. The molecule has 1 unspecified atom stereocenters. The van der Waals surface area contributed by atoms with Crippen LogP contribution in [-0.2, 0) is 48.4 Å². The lowest BCUT2D eigenvalue weighted by Gasteiger charge is -2.19. The molecule has 0 saturated carbocycles. The molecule has 0 bridgehead atoms. The summed E-state index contributed by atoms with van der Waals surface area (Å²) in [6.45, 7) is 6.34. The van der Waals surface area contributed by atoms with Gasteiger partial charge in [-0.1, -0.05) is 61.5 Å². The number of rotatable bonds is 11. The molecule has 4 heterocycles. The summed E-state index contributed by atoms with van der Waals surface area (Å²) in [5.41, 5.74) is 14.1. The van der Waals surface area contributed by atoms with Crippen molar-refractivity contribution in [3.63, 3.8) is 0 Å². The van der Waals surface area contributed by atoms with Crippen LogP contribution >= 0.6 is 0 Å². The van der Waals surface area contributed by atoms with Crippen LogP contribution in [0.15, 0.2) is 84.9 Å². The van der Waals surface area contributed by atoms with Crippen molar-refractivity contribution in [1.82, 2.24) is 19.1 Å². The fraction of sp³-hybridized carbons (Fsp3) is 0.326. The summed E-state index contributed by atoms with van der Waals surface area (Å²) in [4.78, 5) is 47.3. The number of imidazole rings is 2. The number of ether oxygens (including phenoxy) is 6. The first-order valence-corrected chi connectivity index (χ1v) is 19.0. The third-order valence-electron chi connectivity index (χ3n) is 10.4. The summed E-state index contributed by atoms with van der Waals surface area (Å²) in [5, 5.41) is 0. The molecule has 5 atom stereocenters. The van der Waals surface area contributed by atoms with Crippen molar-refractivity contribution in [2.24, 2.45) is 12.8 Å². The Balaban J connectivity index is 0.959. The number of hydrogen-bond acceptors (Lipinski definition) is 11. The van der Waals surface area contributed by atoms with Crippen molar-refractivity contribution in [3.05, 3.63) is 107 Å². The van der Waals surface area contributed by atoms with E-state index in [9.17, 15) is 14.4 Å². The van der Waals surface area contributed by atoms with Gasteiger partial charge in [-0.05, 0) is 65.9 Å². The molecule has 2 aromatic heterocycles. The fourth-order valence-electron chi connectivity index (χ4n) is 7.75. The standard InChI is InChI=1S/C43H43N5O9/c1-5-10-36-46-37-24(2)19-28(40-45-31-13-8-9-14-32(31)47(40)4)20-33(37)48(36)21-26-15-17-27(18-16-26)29-11-6-7-12-30(29)41(49)54-25(3)55-43(51)57-35-23-53-38-34(56-42(44)50)22-52-39(35)38/h6-9,11-20,25,34-35,38-39H,5,10,21-23H2,1-4H3,(H2,44,50)/t25?,34-,35-,38-,39-/m1/s1. The number of carbonyl (C=O) groups is 3. The van der Waals surface area contributed by atoms with Gasteiger partial charge in [-0.2, -0.15) is 0 Å². The van der Waals surface area contributed by atoms with Gasteiger partial charge in [0.05, 0.1) is 40.8 Å². The van der Waals surface area contributed by atoms with E-state index in [1.54, 1.807) is 12.1 Å². The van der Waals surface area contributed by atoms with Crippen molar-refractivity contribution < 1.29 is 42.8 Å². The van der Waals surface area contributed by atoms with Crippen molar-refractivity contribution in [3.8, 4) is 22.5 Å². The molecule has 14 heteroatoms. The summed E-state index contributed by atoms with van der Waals surface area (Å²) >= 11 is 0. The maximum absolute atomic E-state index is 13.4. The predicted molar refractivity (Wildman–Crippen MR) is 209 cm³/mol. The predicted octanol–water partition coefficient (Wildman–Crippen LogP) is 6.85. The highest BCUT2D eigenvalue weighted by Crippen LogP contribution is 2.33. The Morgan fingerprint density at radius 3 is 2.28 bits per heavy atom. The average Bonchev–Trinajstić information content (AvgIpc) is 3.96. The van der Waals surface area contributed by atoms with E-state index >= 15 is 0 Å². The molecule has 0 aliphatic carbocycles. The van der Waals surface area contributed by atoms with Crippen molar-refractivity contribution in [2.45, 2.75) is 70.9 Å². The van der Waals surface area contributed by atoms with Crippen molar-refractivity contribution >= 4 is 40.3 Å². The number of primary amides is 1. The zero-order valence-corrected chi connectivity index (χ0v) is 32.0. The van der Waals surface area contributed by atoms with Gasteiger partial charge in [0.2, 0.25) is 6.29 Å². The van der Waals surface area contributed by atoms with Crippen LogP contribution in [0, 0.1) is 6.92 Å². The molecule has 2 fully saturated rings. The van der Waals surface area contributed by atoms with Crippen LogP contribution in [0.5, 0.6) is 0 Å². The van der Waals surface area contributed by atoms with Crippen LogP contribution in [0.25, 0.3) is 44.6 Å². The van der Waals surface area contributed by atoms with E-state index in [1.807, 2.05) is 49.5 Å². The molecule has 14 nitrogen and oxygen atoms in total. The first-order valence-electron chi connectivity index (χ1n) is 19.0. The number of aromatic nitrogens is 4. The lowest BCUT2D eigenvalue weighted by Crippen LogP contribution is -2.37. The Bertz CT molecular complexity index is 2470. The van der Waals surface area contributed by atoms with Gasteiger partial charge in [-0.25, -0.2) is 24.4 Å². The van der Waals surface area contributed by atoms with E-state index in [0.29, 0.717) is 17.7 Å². The average molecular weight is 774 g/mol.